The standard InChI is InChI=1S/C25H24N6O/c1-3-18-4-6-19(7-5-18)25(32)30-21-10-8-20(9-11-21)29-23-15-24(28-16-27-23)31-22-14-17(2)12-13-26-22/h4-16H,3H2,1-2H3,(H,30,32)(H2,26,27,28,29,31). The molecule has 4 aromatic rings. The molecule has 4 rings (SSSR count). The summed E-state index contributed by atoms with van der Waals surface area (Å²) in [5, 5.41) is 9.34. The van der Waals surface area contributed by atoms with Gasteiger partial charge in [0.1, 0.15) is 23.8 Å². The van der Waals surface area contributed by atoms with Crippen molar-refractivity contribution in [2.75, 3.05) is 16.0 Å². The van der Waals surface area contributed by atoms with E-state index in [1.807, 2.05) is 67.6 Å². The average molecular weight is 425 g/mol. The minimum absolute atomic E-state index is 0.135. The van der Waals surface area contributed by atoms with Gasteiger partial charge in [-0.05, 0) is 73.0 Å². The number of rotatable bonds is 7. The van der Waals surface area contributed by atoms with Gasteiger partial charge >= 0.3 is 0 Å². The normalized spacial score (nSPS) is 10.4. The van der Waals surface area contributed by atoms with Gasteiger partial charge in [-0.15, -0.1) is 0 Å². The van der Waals surface area contributed by atoms with E-state index >= 15 is 0 Å². The second kappa shape index (κ2) is 9.70. The summed E-state index contributed by atoms with van der Waals surface area (Å²) < 4.78 is 0. The van der Waals surface area contributed by atoms with Gasteiger partial charge in [0.05, 0.1) is 0 Å². The van der Waals surface area contributed by atoms with Gasteiger partial charge < -0.3 is 16.0 Å². The summed E-state index contributed by atoms with van der Waals surface area (Å²) in [5.41, 5.74) is 4.51. The molecule has 0 radical (unpaired) electrons. The molecular formula is C25H24N6O. The number of aryl methyl sites for hydroxylation is 2. The first-order valence-electron chi connectivity index (χ1n) is 10.4. The van der Waals surface area contributed by atoms with E-state index in [0.717, 1.165) is 29.2 Å². The number of carbonyl (C=O) groups excluding carboxylic acids is 1. The molecule has 0 bridgehead atoms. The molecule has 2 heterocycles. The van der Waals surface area contributed by atoms with Crippen LogP contribution in [0.5, 0.6) is 0 Å². The van der Waals surface area contributed by atoms with Crippen molar-refractivity contribution in [2.24, 2.45) is 0 Å². The largest absolute Gasteiger partial charge is 0.340 e. The number of aromatic nitrogens is 3. The van der Waals surface area contributed by atoms with Crippen LogP contribution >= 0.6 is 0 Å². The molecule has 2 aromatic carbocycles. The lowest BCUT2D eigenvalue weighted by Crippen LogP contribution is -2.11. The number of benzene rings is 2. The van der Waals surface area contributed by atoms with Crippen molar-refractivity contribution in [3.8, 4) is 0 Å². The molecular weight excluding hydrogens is 400 g/mol. The van der Waals surface area contributed by atoms with Gasteiger partial charge in [0, 0.05) is 29.2 Å². The fourth-order valence-electron chi connectivity index (χ4n) is 3.11. The van der Waals surface area contributed by atoms with Crippen LogP contribution in [-0.4, -0.2) is 20.9 Å². The van der Waals surface area contributed by atoms with Crippen LogP contribution in [0.1, 0.15) is 28.4 Å². The maximum atomic E-state index is 12.4. The fourth-order valence-corrected chi connectivity index (χ4v) is 3.11. The molecule has 0 aliphatic rings. The molecule has 7 nitrogen and oxygen atoms in total. The first-order chi connectivity index (χ1) is 15.6. The Balaban J connectivity index is 1.38. The average Bonchev–Trinajstić information content (AvgIpc) is 2.81. The summed E-state index contributed by atoms with van der Waals surface area (Å²) >= 11 is 0. The molecule has 7 heteroatoms. The predicted octanol–water partition coefficient (Wildman–Crippen LogP) is 5.48. The summed E-state index contributed by atoms with van der Waals surface area (Å²) in [5.74, 6) is 1.87. The summed E-state index contributed by atoms with van der Waals surface area (Å²) in [7, 11) is 0. The van der Waals surface area contributed by atoms with E-state index in [9.17, 15) is 4.79 Å². The molecule has 0 spiro atoms. The molecule has 0 saturated heterocycles. The highest BCUT2D eigenvalue weighted by atomic mass is 16.1. The van der Waals surface area contributed by atoms with Crippen LogP contribution in [0.4, 0.5) is 28.8 Å². The lowest BCUT2D eigenvalue weighted by molar-refractivity contribution is 0.102. The maximum absolute atomic E-state index is 12.4. The summed E-state index contributed by atoms with van der Waals surface area (Å²) in [6.45, 7) is 4.10. The molecule has 32 heavy (non-hydrogen) atoms. The van der Waals surface area contributed by atoms with Crippen molar-refractivity contribution in [2.45, 2.75) is 20.3 Å². The molecule has 3 N–H and O–H groups in total. The third-order valence-electron chi connectivity index (χ3n) is 4.88. The van der Waals surface area contributed by atoms with E-state index in [2.05, 4.69) is 37.8 Å². The van der Waals surface area contributed by atoms with Crippen LogP contribution in [0.2, 0.25) is 0 Å². The Morgan fingerprint density at radius 3 is 2.12 bits per heavy atom. The van der Waals surface area contributed by atoms with Gasteiger partial charge in [0.15, 0.2) is 0 Å². The first kappa shape index (κ1) is 21.0. The third kappa shape index (κ3) is 5.46. The lowest BCUT2D eigenvalue weighted by Gasteiger charge is -2.10. The van der Waals surface area contributed by atoms with Crippen molar-refractivity contribution < 1.29 is 4.79 Å². The smallest absolute Gasteiger partial charge is 0.255 e. The molecule has 1 amide bonds. The molecule has 2 aromatic heterocycles. The van der Waals surface area contributed by atoms with Gasteiger partial charge in [-0.25, -0.2) is 15.0 Å². The van der Waals surface area contributed by atoms with Gasteiger partial charge in [0.25, 0.3) is 5.91 Å². The van der Waals surface area contributed by atoms with Gasteiger partial charge in [0.2, 0.25) is 0 Å². The highest BCUT2D eigenvalue weighted by Gasteiger charge is 2.07. The molecule has 160 valence electrons. The zero-order valence-corrected chi connectivity index (χ0v) is 18.0. The number of hydrogen-bond donors (Lipinski definition) is 3. The summed E-state index contributed by atoms with van der Waals surface area (Å²) in [6, 6.07) is 20.8. The van der Waals surface area contributed by atoms with Crippen molar-refractivity contribution in [1.29, 1.82) is 0 Å². The number of nitrogens with zero attached hydrogens (tertiary/aromatic N) is 3. The Bertz CT molecular complexity index is 1210. The van der Waals surface area contributed by atoms with Gasteiger partial charge in [-0.2, -0.15) is 0 Å². The number of pyridine rings is 1. The molecule has 0 unspecified atom stereocenters. The number of carbonyl (C=O) groups is 1. The zero-order chi connectivity index (χ0) is 22.3. The Morgan fingerprint density at radius 1 is 0.781 bits per heavy atom. The van der Waals surface area contributed by atoms with E-state index in [-0.39, 0.29) is 5.91 Å². The van der Waals surface area contributed by atoms with E-state index in [4.69, 9.17) is 0 Å². The second-order valence-electron chi connectivity index (χ2n) is 7.34. The van der Waals surface area contributed by atoms with Crippen LogP contribution in [0.3, 0.4) is 0 Å². The Morgan fingerprint density at radius 2 is 1.44 bits per heavy atom. The summed E-state index contributed by atoms with van der Waals surface area (Å²) in [4.78, 5) is 25.2. The molecule has 0 atom stereocenters. The van der Waals surface area contributed by atoms with Gasteiger partial charge in [-0.3, -0.25) is 4.79 Å². The first-order valence-corrected chi connectivity index (χ1v) is 10.4. The van der Waals surface area contributed by atoms with E-state index in [1.165, 1.54) is 11.9 Å². The molecule has 0 fully saturated rings. The number of anilines is 5. The predicted molar refractivity (Wildman–Crippen MR) is 128 cm³/mol. The Labute approximate surface area is 187 Å². The molecule has 0 saturated carbocycles. The van der Waals surface area contributed by atoms with Crippen LogP contribution in [0.25, 0.3) is 0 Å². The topological polar surface area (TPSA) is 91.8 Å². The number of nitrogens with one attached hydrogen (secondary N) is 3. The van der Waals surface area contributed by atoms with Crippen molar-refractivity contribution in [3.05, 3.63) is 95.9 Å². The Hall–Kier alpha value is -4.26. The van der Waals surface area contributed by atoms with Crippen LogP contribution in [0.15, 0.2) is 79.3 Å². The van der Waals surface area contributed by atoms with Crippen molar-refractivity contribution in [3.63, 3.8) is 0 Å². The van der Waals surface area contributed by atoms with Crippen LogP contribution in [-0.2, 0) is 6.42 Å². The molecule has 0 aliphatic carbocycles. The van der Waals surface area contributed by atoms with Crippen LogP contribution in [0, 0.1) is 6.92 Å². The SMILES string of the molecule is CCc1ccc(C(=O)Nc2ccc(Nc3cc(Nc4cc(C)ccn4)ncn3)cc2)cc1. The quantitative estimate of drug-likeness (QED) is 0.364. The van der Waals surface area contributed by atoms with Crippen molar-refractivity contribution in [1.82, 2.24) is 15.0 Å². The van der Waals surface area contributed by atoms with E-state index in [0.29, 0.717) is 17.2 Å². The third-order valence-corrected chi connectivity index (χ3v) is 4.88. The van der Waals surface area contributed by atoms with Crippen LogP contribution < -0.4 is 16.0 Å². The molecule has 0 aliphatic heterocycles. The monoisotopic (exact) mass is 424 g/mol. The van der Waals surface area contributed by atoms with E-state index < -0.39 is 0 Å². The zero-order valence-electron chi connectivity index (χ0n) is 18.0. The highest BCUT2D eigenvalue weighted by molar-refractivity contribution is 6.04. The second-order valence-corrected chi connectivity index (χ2v) is 7.34. The lowest BCUT2D eigenvalue weighted by atomic mass is 10.1. The fraction of sp³-hybridized carbons (Fsp3) is 0.120. The minimum Gasteiger partial charge on any atom is -0.340 e. The minimum atomic E-state index is -0.135. The number of hydrogen-bond acceptors (Lipinski definition) is 6. The van der Waals surface area contributed by atoms with Gasteiger partial charge in [-0.1, -0.05) is 19.1 Å². The number of amides is 1. The Kier molecular flexibility index (Phi) is 6.36. The van der Waals surface area contributed by atoms with Crippen molar-refractivity contribution >= 4 is 34.7 Å². The maximum Gasteiger partial charge on any atom is 0.255 e. The highest BCUT2D eigenvalue weighted by Crippen LogP contribution is 2.21. The summed E-state index contributed by atoms with van der Waals surface area (Å²) in [6.07, 6.45) is 4.18. The van der Waals surface area contributed by atoms with E-state index in [1.54, 1.807) is 12.3 Å².